The van der Waals surface area contributed by atoms with Crippen LogP contribution >= 0.6 is 22.9 Å². The number of hydrogen-bond acceptors (Lipinski definition) is 5. The van der Waals surface area contributed by atoms with Gasteiger partial charge in [0.2, 0.25) is 5.91 Å². The number of anilines is 1. The average molecular weight is 361 g/mol. The largest absolute Gasteiger partial charge is 0.360 e. The highest BCUT2D eigenvalue weighted by Crippen LogP contribution is 2.28. The van der Waals surface area contributed by atoms with Crippen molar-refractivity contribution >= 4 is 44.9 Å². The molecule has 0 spiro atoms. The van der Waals surface area contributed by atoms with Crippen molar-refractivity contribution in [2.45, 2.75) is 19.9 Å². The molecule has 0 saturated heterocycles. The maximum atomic E-state index is 12.0. The highest BCUT2D eigenvalue weighted by Gasteiger charge is 2.09. The van der Waals surface area contributed by atoms with Gasteiger partial charge in [-0.05, 0) is 24.1 Å². The van der Waals surface area contributed by atoms with E-state index in [4.69, 9.17) is 11.6 Å². The highest BCUT2D eigenvalue weighted by molar-refractivity contribution is 7.18. The number of aryl methyl sites for hydroxylation is 1. The number of aromatic nitrogens is 2. The number of nitrogens with zero attached hydrogens (tertiary/aromatic N) is 2. The number of thiophene rings is 1. The summed E-state index contributed by atoms with van der Waals surface area (Å²) in [7, 11) is 0. The van der Waals surface area contributed by atoms with E-state index in [9.17, 15) is 4.79 Å². The summed E-state index contributed by atoms with van der Waals surface area (Å²) < 4.78 is 0. The van der Waals surface area contributed by atoms with Gasteiger partial charge in [0.05, 0.1) is 11.9 Å². The standard InChI is InChI=1S/C17H17ClN4OS/c1-2-12-7-13-16(21-10-22-17(13)24-12)20-9-15(23)19-8-11-5-3-4-6-14(11)18/h3-7,10H,2,8-9H2,1H3,(H,19,23)(H,20,21,22). The molecule has 24 heavy (non-hydrogen) atoms. The molecule has 2 aromatic heterocycles. The SMILES string of the molecule is CCc1cc2c(NCC(=O)NCc3ccccc3Cl)ncnc2s1. The van der Waals surface area contributed by atoms with Crippen LogP contribution in [0.4, 0.5) is 5.82 Å². The Morgan fingerprint density at radius 2 is 2.12 bits per heavy atom. The molecule has 1 aromatic carbocycles. The van der Waals surface area contributed by atoms with Crippen LogP contribution in [0.3, 0.4) is 0 Å². The van der Waals surface area contributed by atoms with Crippen molar-refractivity contribution in [3.8, 4) is 0 Å². The van der Waals surface area contributed by atoms with Crippen LogP contribution in [-0.2, 0) is 17.8 Å². The Hall–Kier alpha value is -2.18. The van der Waals surface area contributed by atoms with Gasteiger partial charge in [0, 0.05) is 16.4 Å². The van der Waals surface area contributed by atoms with Gasteiger partial charge in [0.15, 0.2) is 0 Å². The fourth-order valence-corrected chi connectivity index (χ4v) is 3.42. The molecule has 0 saturated carbocycles. The number of hydrogen-bond donors (Lipinski definition) is 2. The third-order valence-electron chi connectivity index (χ3n) is 3.58. The van der Waals surface area contributed by atoms with E-state index < -0.39 is 0 Å². The zero-order chi connectivity index (χ0) is 16.9. The van der Waals surface area contributed by atoms with Crippen LogP contribution in [-0.4, -0.2) is 22.4 Å². The van der Waals surface area contributed by atoms with Gasteiger partial charge in [-0.2, -0.15) is 0 Å². The number of fused-ring (bicyclic) bond motifs is 1. The van der Waals surface area contributed by atoms with E-state index in [1.807, 2.05) is 18.2 Å². The van der Waals surface area contributed by atoms with E-state index in [-0.39, 0.29) is 12.5 Å². The fourth-order valence-electron chi connectivity index (χ4n) is 2.28. The Kier molecular flexibility index (Phi) is 5.27. The maximum Gasteiger partial charge on any atom is 0.239 e. The molecule has 0 aliphatic rings. The molecule has 3 aromatic rings. The lowest BCUT2D eigenvalue weighted by molar-refractivity contribution is -0.119. The molecule has 1 amide bonds. The van der Waals surface area contributed by atoms with Crippen LogP contribution in [0.1, 0.15) is 17.4 Å². The van der Waals surface area contributed by atoms with Crippen molar-refractivity contribution in [3.05, 3.63) is 52.1 Å². The van der Waals surface area contributed by atoms with E-state index in [0.29, 0.717) is 17.4 Å². The van der Waals surface area contributed by atoms with Crippen molar-refractivity contribution in [1.29, 1.82) is 0 Å². The first-order chi connectivity index (χ1) is 11.7. The molecular formula is C17H17ClN4OS. The molecule has 2 heterocycles. The summed E-state index contributed by atoms with van der Waals surface area (Å²) in [6, 6.07) is 9.53. The van der Waals surface area contributed by atoms with Gasteiger partial charge in [-0.1, -0.05) is 36.7 Å². The predicted octanol–water partition coefficient (Wildman–Crippen LogP) is 3.64. The Morgan fingerprint density at radius 3 is 2.92 bits per heavy atom. The Bertz CT molecular complexity index is 865. The third-order valence-corrected chi connectivity index (χ3v) is 5.14. The van der Waals surface area contributed by atoms with Crippen LogP contribution in [0.25, 0.3) is 10.2 Å². The monoisotopic (exact) mass is 360 g/mol. The first kappa shape index (κ1) is 16.7. The molecule has 0 radical (unpaired) electrons. The van der Waals surface area contributed by atoms with E-state index in [0.717, 1.165) is 22.2 Å². The summed E-state index contributed by atoms with van der Waals surface area (Å²) in [5, 5.41) is 7.54. The van der Waals surface area contributed by atoms with E-state index in [1.54, 1.807) is 17.4 Å². The summed E-state index contributed by atoms with van der Waals surface area (Å²) in [5.74, 6) is 0.566. The van der Waals surface area contributed by atoms with Crippen molar-refractivity contribution < 1.29 is 4.79 Å². The van der Waals surface area contributed by atoms with Crippen LogP contribution < -0.4 is 10.6 Å². The van der Waals surface area contributed by atoms with Crippen molar-refractivity contribution in [2.75, 3.05) is 11.9 Å². The zero-order valence-electron chi connectivity index (χ0n) is 13.2. The van der Waals surface area contributed by atoms with Crippen LogP contribution in [0.2, 0.25) is 5.02 Å². The summed E-state index contributed by atoms with van der Waals surface area (Å²) in [6.45, 7) is 2.65. The number of nitrogens with one attached hydrogen (secondary N) is 2. The topological polar surface area (TPSA) is 66.9 Å². The fraction of sp³-hybridized carbons (Fsp3) is 0.235. The Balaban J connectivity index is 1.60. The molecule has 0 bridgehead atoms. The number of benzene rings is 1. The van der Waals surface area contributed by atoms with E-state index in [1.165, 1.54) is 11.2 Å². The highest BCUT2D eigenvalue weighted by atomic mass is 35.5. The average Bonchev–Trinajstić information content (AvgIpc) is 3.03. The Labute approximate surface area is 149 Å². The minimum Gasteiger partial charge on any atom is -0.360 e. The zero-order valence-corrected chi connectivity index (χ0v) is 14.7. The lowest BCUT2D eigenvalue weighted by atomic mass is 10.2. The maximum absolute atomic E-state index is 12.0. The normalized spacial score (nSPS) is 10.8. The molecule has 5 nitrogen and oxygen atoms in total. The number of amides is 1. The van der Waals surface area contributed by atoms with Crippen LogP contribution in [0.5, 0.6) is 0 Å². The number of halogens is 1. The summed E-state index contributed by atoms with van der Waals surface area (Å²) in [5.41, 5.74) is 0.891. The first-order valence-electron chi connectivity index (χ1n) is 7.64. The first-order valence-corrected chi connectivity index (χ1v) is 8.84. The van der Waals surface area contributed by atoms with E-state index in [2.05, 4.69) is 33.6 Å². The summed E-state index contributed by atoms with van der Waals surface area (Å²) >= 11 is 7.73. The lowest BCUT2D eigenvalue weighted by Gasteiger charge is -2.08. The van der Waals surface area contributed by atoms with Gasteiger partial charge >= 0.3 is 0 Å². The second kappa shape index (κ2) is 7.59. The van der Waals surface area contributed by atoms with Gasteiger partial charge in [0.1, 0.15) is 17.0 Å². The minimum absolute atomic E-state index is 0.118. The molecule has 0 aliphatic heterocycles. The smallest absolute Gasteiger partial charge is 0.239 e. The van der Waals surface area contributed by atoms with Gasteiger partial charge < -0.3 is 10.6 Å². The molecule has 3 rings (SSSR count). The van der Waals surface area contributed by atoms with Crippen molar-refractivity contribution in [2.24, 2.45) is 0 Å². The van der Waals surface area contributed by atoms with Gasteiger partial charge in [-0.15, -0.1) is 11.3 Å². The molecular weight excluding hydrogens is 344 g/mol. The molecule has 2 N–H and O–H groups in total. The molecule has 7 heteroatoms. The Morgan fingerprint density at radius 1 is 1.29 bits per heavy atom. The number of rotatable bonds is 6. The minimum atomic E-state index is -0.118. The predicted molar refractivity (Wildman–Crippen MR) is 98.6 cm³/mol. The van der Waals surface area contributed by atoms with Gasteiger partial charge in [-0.25, -0.2) is 9.97 Å². The molecule has 124 valence electrons. The van der Waals surface area contributed by atoms with Crippen LogP contribution in [0, 0.1) is 0 Å². The van der Waals surface area contributed by atoms with Crippen LogP contribution in [0.15, 0.2) is 36.7 Å². The second-order valence-electron chi connectivity index (χ2n) is 5.23. The van der Waals surface area contributed by atoms with E-state index >= 15 is 0 Å². The quantitative estimate of drug-likeness (QED) is 0.704. The van der Waals surface area contributed by atoms with Crippen molar-refractivity contribution in [1.82, 2.24) is 15.3 Å². The van der Waals surface area contributed by atoms with Gasteiger partial charge in [0.25, 0.3) is 0 Å². The summed E-state index contributed by atoms with van der Waals surface area (Å²) in [4.78, 5) is 22.7. The number of carbonyl (C=O) groups excluding carboxylic acids is 1. The molecule has 0 atom stereocenters. The molecule has 0 unspecified atom stereocenters. The van der Waals surface area contributed by atoms with Gasteiger partial charge in [-0.3, -0.25) is 4.79 Å². The number of carbonyl (C=O) groups is 1. The third kappa shape index (κ3) is 3.83. The van der Waals surface area contributed by atoms with Crippen molar-refractivity contribution in [3.63, 3.8) is 0 Å². The second-order valence-corrected chi connectivity index (χ2v) is 6.75. The lowest BCUT2D eigenvalue weighted by Crippen LogP contribution is -2.29. The molecule has 0 aliphatic carbocycles. The summed E-state index contributed by atoms with van der Waals surface area (Å²) in [6.07, 6.45) is 2.47. The molecule has 0 fully saturated rings.